The van der Waals surface area contributed by atoms with Crippen molar-refractivity contribution in [3.63, 3.8) is 0 Å². The maximum atomic E-state index is 5.98. The standard InChI is InChI=1S/C15H25N3O/c1-11-14(12(2)18(3)17-11)10-16-13-5-8-19-15(9-13)6-4-7-15/h13,16H,4-10H2,1-3H3. The molecule has 19 heavy (non-hydrogen) atoms. The van der Waals surface area contributed by atoms with Gasteiger partial charge in [-0.1, -0.05) is 0 Å². The second kappa shape index (κ2) is 4.91. The first-order valence-electron chi connectivity index (χ1n) is 7.46. The molecule has 4 heteroatoms. The van der Waals surface area contributed by atoms with Crippen LogP contribution in [0.2, 0.25) is 0 Å². The molecule has 1 aliphatic heterocycles. The zero-order valence-corrected chi connectivity index (χ0v) is 12.3. The molecule has 0 aromatic carbocycles. The molecule has 1 N–H and O–H groups in total. The third-order valence-electron chi connectivity index (χ3n) is 4.98. The first-order valence-corrected chi connectivity index (χ1v) is 7.46. The molecular formula is C15H25N3O. The van der Waals surface area contributed by atoms with Crippen LogP contribution in [0.4, 0.5) is 0 Å². The van der Waals surface area contributed by atoms with E-state index in [0.717, 1.165) is 25.3 Å². The Morgan fingerprint density at radius 2 is 2.21 bits per heavy atom. The van der Waals surface area contributed by atoms with Crippen molar-refractivity contribution in [1.82, 2.24) is 15.1 Å². The van der Waals surface area contributed by atoms with Gasteiger partial charge in [0.25, 0.3) is 0 Å². The molecule has 1 spiro atoms. The fourth-order valence-electron chi connectivity index (χ4n) is 3.44. The van der Waals surface area contributed by atoms with E-state index in [-0.39, 0.29) is 5.60 Å². The van der Waals surface area contributed by atoms with E-state index in [2.05, 4.69) is 24.3 Å². The van der Waals surface area contributed by atoms with Crippen molar-refractivity contribution in [3.05, 3.63) is 17.0 Å². The van der Waals surface area contributed by atoms with Crippen LogP contribution < -0.4 is 5.32 Å². The van der Waals surface area contributed by atoms with Gasteiger partial charge in [-0.05, 0) is 46.0 Å². The van der Waals surface area contributed by atoms with Gasteiger partial charge in [-0.25, -0.2) is 0 Å². The summed E-state index contributed by atoms with van der Waals surface area (Å²) >= 11 is 0. The van der Waals surface area contributed by atoms with Gasteiger partial charge in [0.05, 0.1) is 11.3 Å². The van der Waals surface area contributed by atoms with Gasteiger partial charge in [0.2, 0.25) is 0 Å². The molecule has 1 atom stereocenters. The zero-order chi connectivity index (χ0) is 13.5. The topological polar surface area (TPSA) is 39.1 Å². The number of ether oxygens (including phenoxy) is 1. The van der Waals surface area contributed by atoms with Crippen molar-refractivity contribution >= 4 is 0 Å². The number of nitrogens with one attached hydrogen (secondary N) is 1. The van der Waals surface area contributed by atoms with Gasteiger partial charge in [0, 0.05) is 37.5 Å². The van der Waals surface area contributed by atoms with Gasteiger partial charge in [-0.3, -0.25) is 4.68 Å². The van der Waals surface area contributed by atoms with Crippen molar-refractivity contribution in [3.8, 4) is 0 Å². The fourth-order valence-corrected chi connectivity index (χ4v) is 3.44. The largest absolute Gasteiger partial charge is 0.375 e. The molecule has 106 valence electrons. The molecule has 1 aromatic rings. The van der Waals surface area contributed by atoms with Crippen molar-refractivity contribution in [2.24, 2.45) is 7.05 Å². The van der Waals surface area contributed by atoms with E-state index in [1.807, 2.05) is 11.7 Å². The predicted molar refractivity (Wildman–Crippen MR) is 75.1 cm³/mol. The summed E-state index contributed by atoms with van der Waals surface area (Å²) < 4.78 is 7.95. The minimum absolute atomic E-state index is 0.231. The summed E-state index contributed by atoms with van der Waals surface area (Å²) in [5.74, 6) is 0. The molecule has 1 aromatic heterocycles. The van der Waals surface area contributed by atoms with Crippen molar-refractivity contribution in [2.75, 3.05) is 6.61 Å². The van der Waals surface area contributed by atoms with Gasteiger partial charge < -0.3 is 10.1 Å². The first kappa shape index (κ1) is 13.1. The number of nitrogens with zero attached hydrogens (tertiary/aromatic N) is 2. The molecule has 1 saturated heterocycles. The lowest BCUT2D eigenvalue weighted by atomic mass is 9.74. The Hall–Kier alpha value is -0.870. The Morgan fingerprint density at radius 3 is 2.79 bits per heavy atom. The summed E-state index contributed by atoms with van der Waals surface area (Å²) in [4.78, 5) is 0. The Labute approximate surface area is 115 Å². The van der Waals surface area contributed by atoms with E-state index in [1.165, 1.54) is 36.9 Å². The normalized spacial score (nSPS) is 25.5. The number of hydrogen-bond acceptors (Lipinski definition) is 3. The molecule has 1 unspecified atom stereocenters. The van der Waals surface area contributed by atoms with Gasteiger partial charge in [0.15, 0.2) is 0 Å². The maximum Gasteiger partial charge on any atom is 0.0697 e. The number of aromatic nitrogens is 2. The average molecular weight is 263 g/mol. The van der Waals surface area contributed by atoms with Crippen molar-refractivity contribution < 1.29 is 4.74 Å². The minimum Gasteiger partial charge on any atom is -0.375 e. The summed E-state index contributed by atoms with van der Waals surface area (Å²) in [6.07, 6.45) is 6.19. The fraction of sp³-hybridized carbons (Fsp3) is 0.800. The molecule has 1 saturated carbocycles. The van der Waals surface area contributed by atoms with Crippen LogP contribution in [0.1, 0.15) is 49.1 Å². The average Bonchev–Trinajstić information content (AvgIpc) is 2.60. The van der Waals surface area contributed by atoms with E-state index < -0.39 is 0 Å². The number of aryl methyl sites for hydroxylation is 2. The highest BCUT2D eigenvalue weighted by Gasteiger charge is 2.42. The van der Waals surface area contributed by atoms with Crippen LogP contribution in [0.5, 0.6) is 0 Å². The van der Waals surface area contributed by atoms with Crippen LogP contribution in [0, 0.1) is 13.8 Å². The highest BCUT2D eigenvalue weighted by atomic mass is 16.5. The molecule has 1 aliphatic carbocycles. The zero-order valence-electron chi connectivity index (χ0n) is 12.3. The summed E-state index contributed by atoms with van der Waals surface area (Å²) in [6.45, 7) is 6.10. The van der Waals surface area contributed by atoms with Crippen LogP contribution in [0.15, 0.2) is 0 Å². The maximum absolute atomic E-state index is 5.98. The van der Waals surface area contributed by atoms with E-state index in [4.69, 9.17) is 4.74 Å². The molecule has 0 bridgehead atoms. The lowest BCUT2D eigenvalue weighted by Gasteiger charge is -2.47. The molecule has 0 amide bonds. The highest BCUT2D eigenvalue weighted by molar-refractivity contribution is 5.24. The Morgan fingerprint density at radius 1 is 1.42 bits per heavy atom. The minimum atomic E-state index is 0.231. The lowest BCUT2D eigenvalue weighted by Crippen LogP contribution is -2.50. The summed E-state index contributed by atoms with van der Waals surface area (Å²) in [5, 5.41) is 8.21. The Balaban J connectivity index is 1.60. The first-order chi connectivity index (χ1) is 9.10. The molecular weight excluding hydrogens is 238 g/mol. The van der Waals surface area contributed by atoms with E-state index in [9.17, 15) is 0 Å². The quantitative estimate of drug-likeness (QED) is 0.909. The molecule has 2 fully saturated rings. The molecule has 0 radical (unpaired) electrons. The third kappa shape index (κ3) is 2.43. The van der Waals surface area contributed by atoms with Crippen LogP contribution in [-0.2, 0) is 18.3 Å². The van der Waals surface area contributed by atoms with Crippen LogP contribution in [0.3, 0.4) is 0 Å². The molecule has 2 aliphatic rings. The Kier molecular flexibility index (Phi) is 3.39. The third-order valence-corrected chi connectivity index (χ3v) is 4.98. The predicted octanol–water partition coefficient (Wildman–Crippen LogP) is 2.23. The Bertz CT molecular complexity index is 462. The summed E-state index contributed by atoms with van der Waals surface area (Å²) in [6, 6.07) is 0.605. The van der Waals surface area contributed by atoms with Crippen LogP contribution in [-0.4, -0.2) is 28.0 Å². The molecule has 2 heterocycles. The van der Waals surface area contributed by atoms with Gasteiger partial charge >= 0.3 is 0 Å². The lowest BCUT2D eigenvalue weighted by molar-refractivity contribution is -0.135. The SMILES string of the molecule is Cc1nn(C)c(C)c1CNC1CCOC2(CCC2)C1. The van der Waals surface area contributed by atoms with E-state index in [0.29, 0.717) is 6.04 Å². The smallest absolute Gasteiger partial charge is 0.0697 e. The van der Waals surface area contributed by atoms with Gasteiger partial charge in [-0.2, -0.15) is 5.10 Å². The van der Waals surface area contributed by atoms with Gasteiger partial charge in [0.1, 0.15) is 0 Å². The number of rotatable bonds is 3. The van der Waals surface area contributed by atoms with Crippen molar-refractivity contribution in [2.45, 2.75) is 64.1 Å². The second-order valence-corrected chi connectivity index (χ2v) is 6.23. The second-order valence-electron chi connectivity index (χ2n) is 6.23. The summed E-state index contributed by atoms with van der Waals surface area (Å²) in [5.41, 5.74) is 4.01. The number of hydrogen-bond donors (Lipinski definition) is 1. The summed E-state index contributed by atoms with van der Waals surface area (Å²) in [7, 11) is 2.02. The van der Waals surface area contributed by atoms with Gasteiger partial charge in [-0.15, -0.1) is 0 Å². The molecule has 4 nitrogen and oxygen atoms in total. The van der Waals surface area contributed by atoms with E-state index in [1.54, 1.807) is 0 Å². The highest BCUT2D eigenvalue weighted by Crippen LogP contribution is 2.42. The monoisotopic (exact) mass is 263 g/mol. The van der Waals surface area contributed by atoms with E-state index >= 15 is 0 Å². The van der Waals surface area contributed by atoms with Crippen LogP contribution >= 0.6 is 0 Å². The van der Waals surface area contributed by atoms with Crippen molar-refractivity contribution in [1.29, 1.82) is 0 Å². The van der Waals surface area contributed by atoms with Crippen LogP contribution in [0.25, 0.3) is 0 Å². The molecule has 3 rings (SSSR count).